The third-order valence-electron chi connectivity index (χ3n) is 12.2. The van der Waals surface area contributed by atoms with E-state index >= 15 is 0 Å². The molecule has 3 N–H and O–H groups in total. The molecule has 5 rings (SSSR count). The van der Waals surface area contributed by atoms with Gasteiger partial charge in [-0.15, -0.1) is 36.0 Å². The van der Waals surface area contributed by atoms with Crippen molar-refractivity contribution in [3.63, 3.8) is 0 Å². The van der Waals surface area contributed by atoms with Gasteiger partial charge in [0.25, 0.3) is 0 Å². The Morgan fingerprint density at radius 2 is 1.07 bits per heavy atom. The maximum absolute atomic E-state index is 13.1. The lowest BCUT2D eigenvalue weighted by atomic mass is 10.1. The third kappa shape index (κ3) is 14.0. The molecule has 0 aromatic rings. The van der Waals surface area contributed by atoms with Crippen LogP contribution >= 0.6 is 0 Å². The molecule has 0 aromatic carbocycles. The highest BCUT2D eigenvalue weighted by atomic mass is 16.6. The van der Waals surface area contributed by atoms with Gasteiger partial charge in [0.2, 0.25) is 0 Å². The summed E-state index contributed by atoms with van der Waals surface area (Å²) >= 11 is 0. The zero-order chi connectivity index (χ0) is 39.5. The van der Waals surface area contributed by atoms with Crippen molar-refractivity contribution in [2.24, 2.45) is 53.3 Å². The Bertz CT molecular complexity index is 1370. The minimum Gasteiger partial charge on any atom is -0.449 e. The average molecular weight is 779 g/mol. The van der Waals surface area contributed by atoms with E-state index in [2.05, 4.69) is 52.5 Å². The molecule has 2 unspecified atom stereocenters. The van der Waals surface area contributed by atoms with E-state index in [0.717, 1.165) is 77.0 Å². The van der Waals surface area contributed by atoms with Gasteiger partial charge in [0.1, 0.15) is 6.61 Å². The highest BCUT2D eigenvalue weighted by Crippen LogP contribution is 2.53. The maximum Gasteiger partial charge on any atom is 0.409 e. The summed E-state index contributed by atoms with van der Waals surface area (Å²) in [4.78, 5) is 51.6. The van der Waals surface area contributed by atoms with Gasteiger partial charge in [-0.3, -0.25) is 0 Å². The third-order valence-corrected chi connectivity index (χ3v) is 12.2. The normalized spacial score (nSPS) is 27.7. The first-order valence-corrected chi connectivity index (χ1v) is 21.0. The Labute approximate surface area is 333 Å². The Hall–Kier alpha value is -4.28. The van der Waals surface area contributed by atoms with Crippen LogP contribution in [0.3, 0.4) is 0 Å². The van der Waals surface area contributed by atoms with Crippen LogP contribution in [0, 0.1) is 89.3 Å². The molecule has 0 aliphatic heterocycles. The summed E-state index contributed by atoms with van der Waals surface area (Å²) in [6, 6.07) is 0. The number of terminal acetylenes is 1. The van der Waals surface area contributed by atoms with E-state index in [1.54, 1.807) is 0 Å². The second-order valence-corrected chi connectivity index (χ2v) is 15.7. The Morgan fingerprint density at radius 3 is 1.55 bits per heavy atom. The monoisotopic (exact) mass is 778 g/mol. The molecule has 0 aromatic heterocycles. The van der Waals surface area contributed by atoms with Crippen LogP contribution in [0.1, 0.15) is 84.0 Å². The molecule has 0 spiro atoms. The van der Waals surface area contributed by atoms with Crippen LogP contribution in [0.4, 0.5) is 19.2 Å². The summed E-state index contributed by atoms with van der Waals surface area (Å²) in [6.07, 6.45) is 15.0. The zero-order valence-electron chi connectivity index (χ0n) is 33.2. The number of carbonyl (C=O) groups is 4. The van der Waals surface area contributed by atoms with Gasteiger partial charge in [-0.1, -0.05) is 19.8 Å². The van der Waals surface area contributed by atoms with Gasteiger partial charge in [-0.2, -0.15) is 0 Å². The second-order valence-electron chi connectivity index (χ2n) is 15.7. The first kappa shape index (κ1) is 42.9. The van der Waals surface area contributed by atoms with Crippen molar-refractivity contribution >= 4 is 24.4 Å². The highest BCUT2D eigenvalue weighted by molar-refractivity contribution is 5.69. The first-order valence-electron chi connectivity index (χ1n) is 21.0. The zero-order valence-corrected chi connectivity index (χ0v) is 33.2. The van der Waals surface area contributed by atoms with E-state index in [4.69, 9.17) is 30.1 Å². The summed E-state index contributed by atoms with van der Waals surface area (Å²) in [5.41, 5.74) is 0. The first-order chi connectivity index (χ1) is 27.4. The number of hydrogen-bond acceptors (Lipinski definition) is 9. The number of amides is 4. The van der Waals surface area contributed by atoms with E-state index < -0.39 is 24.4 Å². The maximum atomic E-state index is 13.1. The molecule has 9 atom stereocenters. The Morgan fingerprint density at radius 1 is 0.607 bits per heavy atom. The molecule has 5 aliphatic carbocycles. The number of fused-ring (bicyclic) bond motifs is 2. The van der Waals surface area contributed by atoms with Gasteiger partial charge in [0.15, 0.2) is 0 Å². The van der Waals surface area contributed by atoms with Gasteiger partial charge in [0, 0.05) is 64.8 Å². The number of hydrogen-bond donors (Lipinski definition) is 3. The van der Waals surface area contributed by atoms with Gasteiger partial charge >= 0.3 is 24.4 Å². The topological polar surface area (TPSA) is 154 Å². The fourth-order valence-corrected chi connectivity index (χ4v) is 8.93. The number of ether oxygens (including phenoxy) is 5. The summed E-state index contributed by atoms with van der Waals surface area (Å²) < 4.78 is 27.4. The Kier molecular flexibility index (Phi) is 17.7. The fraction of sp³-hybridized carbons (Fsp3) is 0.767. The van der Waals surface area contributed by atoms with Crippen LogP contribution in [0.5, 0.6) is 0 Å². The average Bonchev–Trinajstić information content (AvgIpc) is 4.12. The molecule has 0 radical (unpaired) electrons. The van der Waals surface area contributed by atoms with Crippen molar-refractivity contribution in [2.75, 3.05) is 72.4 Å². The van der Waals surface area contributed by atoms with Crippen LogP contribution in [0.15, 0.2) is 0 Å². The molecule has 4 amide bonds. The predicted molar refractivity (Wildman–Crippen MR) is 209 cm³/mol. The molecule has 308 valence electrons. The van der Waals surface area contributed by atoms with Crippen LogP contribution in [0.2, 0.25) is 0 Å². The molecule has 13 heteroatoms. The molecular formula is C43H62N4O9. The molecular weight excluding hydrogens is 716 g/mol. The summed E-state index contributed by atoms with van der Waals surface area (Å²) in [7, 11) is 0. The van der Waals surface area contributed by atoms with Crippen molar-refractivity contribution in [3.05, 3.63) is 0 Å². The molecule has 0 saturated heterocycles. The molecule has 0 bridgehead atoms. The molecule has 56 heavy (non-hydrogen) atoms. The lowest BCUT2D eigenvalue weighted by Crippen LogP contribution is -2.43. The van der Waals surface area contributed by atoms with Crippen molar-refractivity contribution in [2.45, 2.75) is 84.0 Å². The highest BCUT2D eigenvalue weighted by Gasteiger charge is 2.50. The van der Waals surface area contributed by atoms with Crippen LogP contribution in [-0.4, -0.2) is 102 Å². The lowest BCUT2D eigenvalue weighted by molar-refractivity contribution is 0.0550. The van der Waals surface area contributed by atoms with E-state index in [1.165, 1.54) is 4.90 Å². The number of alkyl carbamates (subject to hydrolysis) is 3. The van der Waals surface area contributed by atoms with Crippen LogP contribution < -0.4 is 16.0 Å². The minimum absolute atomic E-state index is 0.0201. The second kappa shape index (κ2) is 23.1. The van der Waals surface area contributed by atoms with Crippen LogP contribution in [-0.2, 0) is 23.7 Å². The number of nitrogens with one attached hydrogen (secondary N) is 3. The van der Waals surface area contributed by atoms with Gasteiger partial charge in [-0.05, 0) is 85.4 Å². The van der Waals surface area contributed by atoms with E-state index in [9.17, 15) is 19.2 Å². The van der Waals surface area contributed by atoms with Crippen molar-refractivity contribution in [3.8, 4) is 36.0 Å². The Balaban J connectivity index is 0.951. The van der Waals surface area contributed by atoms with Crippen molar-refractivity contribution in [1.29, 1.82) is 0 Å². The predicted octanol–water partition coefficient (Wildman–Crippen LogP) is 5.58. The lowest BCUT2D eigenvalue weighted by Gasteiger charge is -2.22. The van der Waals surface area contributed by atoms with E-state index in [-0.39, 0.29) is 52.5 Å². The number of rotatable bonds is 22. The molecule has 3 fully saturated rings. The molecule has 5 aliphatic rings. The SMILES string of the molecule is C#CCC[C@H]1[C@@H](CCC)[C@H]1COC(=O)NCCOCCOC(=O)N(CCNC(=O)OCC1[C@H]2CCC#CCC[C@@H]12)CCNC(=O)OCC1[C@H]2CCC#CCC[C@@H]12. The van der Waals surface area contributed by atoms with Gasteiger partial charge in [-0.25, -0.2) is 19.2 Å². The van der Waals surface area contributed by atoms with Gasteiger partial charge < -0.3 is 44.5 Å². The minimum atomic E-state index is -0.615. The molecule has 3 saturated carbocycles. The molecule has 13 nitrogen and oxygen atoms in total. The fourth-order valence-electron chi connectivity index (χ4n) is 8.93. The quantitative estimate of drug-likeness (QED) is 0.0727. The number of nitrogens with zero attached hydrogens (tertiary/aromatic N) is 1. The van der Waals surface area contributed by atoms with Crippen LogP contribution in [0.25, 0.3) is 0 Å². The van der Waals surface area contributed by atoms with E-state index in [1.807, 2.05) is 0 Å². The van der Waals surface area contributed by atoms with E-state index in [0.29, 0.717) is 73.1 Å². The summed E-state index contributed by atoms with van der Waals surface area (Å²) in [5.74, 6) is 20.0. The summed E-state index contributed by atoms with van der Waals surface area (Å²) in [5, 5.41) is 8.16. The molecule has 0 heterocycles. The largest absolute Gasteiger partial charge is 0.449 e. The summed E-state index contributed by atoms with van der Waals surface area (Å²) in [6.45, 7) is 4.42. The van der Waals surface area contributed by atoms with Gasteiger partial charge in [0.05, 0.1) is 33.0 Å². The smallest absolute Gasteiger partial charge is 0.409 e. The van der Waals surface area contributed by atoms with Crippen molar-refractivity contribution in [1.82, 2.24) is 20.9 Å². The number of carbonyl (C=O) groups excluding carboxylic acids is 4. The standard InChI is InChI=1S/C43H62N4O9/c1-3-5-15-32-31(14-4-2)37(32)28-56-42(50)46-22-25-52-26-27-53-43(51)47(23-20-44-40(48)54-29-38-33-16-10-6-7-11-17-34(33)38)24-21-45-41(49)55-30-39-35-18-12-8-9-13-19-36(35)39/h1,31-39H,4-5,10-30H2,2H3,(H,44,48)(H,45,49)(H,46,50)/t31-,32+,33-,34+,35-,36+,37-,38?,39?/m1/s1. The van der Waals surface area contributed by atoms with Crippen molar-refractivity contribution < 1.29 is 42.9 Å².